The van der Waals surface area contributed by atoms with Crippen molar-refractivity contribution in [2.45, 2.75) is 6.54 Å². The van der Waals surface area contributed by atoms with Gasteiger partial charge in [-0.2, -0.15) is 0 Å². The highest BCUT2D eigenvalue weighted by molar-refractivity contribution is 6.02. The molecule has 4 nitrogen and oxygen atoms in total. The van der Waals surface area contributed by atoms with Gasteiger partial charge in [-0.15, -0.1) is 0 Å². The number of benzene rings is 1. The first-order chi connectivity index (χ1) is 7.40. The molecule has 4 heteroatoms. The summed E-state index contributed by atoms with van der Waals surface area (Å²) in [5.41, 5.74) is 8.69. The van der Waals surface area contributed by atoms with Crippen LogP contribution in [-0.4, -0.2) is 9.97 Å². The maximum absolute atomic E-state index is 5.67. The minimum Gasteiger partial charge on any atom is -0.452 e. The molecule has 0 bridgehead atoms. The maximum Gasteiger partial charge on any atom is 0.176 e. The van der Waals surface area contributed by atoms with E-state index in [0.29, 0.717) is 12.1 Å². The number of nitrogens with two attached hydrogens (primary N) is 1. The highest BCUT2D eigenvalue weighted by Gasteiger charge is 2.10. The average Bonchev–Trinajstić information content (AvgIpc) is 2.67. The molecule has 0 saturated carbocycles. The largest absolute Gasteiger partial charge is 0.452 e. The number of nitrogens with zero attached hydrogens (tertiary/aromatic N) is 2. The number of hydrogen-bond donors (Lipinski definition) is 1. The summed E-state index contributed by atoms with van der Waals surface area (Å²) in [7, 11) is 0. The van der Waals surface area contributed by atoms with Gasteiger partial charge in [0.25, 0.3) is 0 Å². The van der Waals surface area contributed by atoms with Gasteiger partial charge in [0.05, 0.1) is 0 Å². The van der Waals surface area contributed by atoms with E-state index in [0.717, 1.165) is 22.2 Å². The smallest absolute Gasteiger partial charge is 0.176 e. The second kappa shape index (κ2) is 3.03. The van der Waals surface area contributed by atoms with Crippen LogP contribution in [0.5, 0.6) is 0 Å². The summed E-state index contributed by atoms with van der Waals surface area (Å²) >= 11 is 0. The zero-order valence-electron chi connectivity index (χ0n) is 7.97. The van der Waals surface area contributed by atoms with Gasteiger partial charge in [0.15, 0.2) is 5.58 Å². The van der Waals surface area contributed by atoms with Gasteiger partial charge >= 0.3 is 0 Å². The first-order valence-corrected chi connectivity index (χ1v) is 4.71. The Morgan fingerprint density at radius 2 is 2.07 bits per heavy atom. The molecule has 2 aromatic heterocycles. The molecule has 0 unspecified atom stereocenters. The number of para-hydroxylation sites is 1. The van der Waals surface area contributed by atoms with Crippen LogP contribution in [0.2, 0.25) is 0 Å². The zero-order valence-corrected chi connectivity index (χ0v) is 7.97. The van der Waals surface area contributed by atoms with Crippen molar-refractivity contribution in [2.24, 2.45) is 5.73 Å². The van der Waals surface area contributed by atoms with Crippen LogP contribution in [0.3, 0.4) is 0 Å². The molecule has 0 aliphatic carbocycles. The van der Waals surface area contributed by atoms with Crippen molar-refractivity contribution >= 4 is 22.1 Å². The molecule has 0 aliphatic heterocycles. The lowest BCUT2D eigenvalue weighted by atomic mass is 10.2. The predicted octanol–water partition coefficient (Wildman–Crippen LogP) is 1.83. The molecule has 0 amide bonds. The maximum atomic E-state index is 5.67. The van der Waals surface area contributed by atoms with Crippen LogP contribution < -0.4 is 5.73 Å². The molecule has 0 radical (unpaired) electrons. The summed E-state index contributed by atoms with van der Waals surface area (Å²) in [6.45, 7) is 0.360. The monoisotopic (exact) mass is 199 g/mol. The van der Waals surface area contributed by atoms with Crippen molar-refractivity contribution in [2.75, 3.05) is 0 Å². The zero-order chi connectivity index (χ0) is 10.3. The summed E-state index contributed by atoms with van der Waals surface area (Å²) in [5, 5.41) is 1.00. The van der Waals surface area contributed by atoms with Crippen molar-refractivity contribution in [3.8, 4) is 0 Å². The summed E-state index contributed by atoms with van der Waals surface area (Å²) in [5.74, 6) is 0. The fourth-order valence-electron chi connectivity index (χ4n) is 1.72. The Morgan fingerprint density at radius 1 is 1.20 bits per heavy atom. The van der Waals surface area contributed by atoms with E-state index in [1.165, 1.54) is 6.33 Å². The van der Waals surface area contributed by atoms with Crippen LogP contribution in [0.1, 0.15) is 5.69 Å². The molecule has 0 fully saturated rings. The average molecular weight is 199 g/mol. The molecule has 2 heterocycles. The highest BCUT2D eigenvalue weighted by Crippen LogP contribution is 2.27. The van der Waals surface area contributed by atoms with Gasteiger partial charge in [-0.3, -0.25) is 0 Å². The lowest BCUT2D eigenvalue weighted by molar-refractivity contribution is 0.657. The summed E-state index contributed by atoms with van der Waals surface area (Å²) in [6.07, 6.45) is 1.52. The second-order valence-electron chi connectivity index (χ2n) is 3.30. The van der Waals surface area contributed by atoms with E-state index in [2.05, 4.69) is 9.97 Å². The van der Waals surface area contributed by atoms with Crippen LogP contribution in [0.25, 0.3) is 22.1 Å². The van der Waals surface area contributed by atoms with E-state index in [9.17, 15) is 0 Å². The van der Waals surface area contributed by atoms with Gasteiger partial charge in [0.2, 0.25) is 0 Å². The van der Waals surface area contributed by atoms with Crippen LogP contribution in [0.4, 0.5) is 0 Å². The number of fused-ring (bicyclic) bond motifs is 3. The first kappa shape index (κ1) is 8.38. The minimum atomic E-state index is 0.360. The number of rotatable bonds is 1. The molecule has 0 atom stereocenters. The molecular formula is C11H9N3O. The Hall–Kier alpha value is -1.94. The van der Waals surface area contributed by atoms with E-state index >= 15 is 0 Å². The Bertz CT molecular complexity index is 630. The van der Waals surface area contributed by atoms with Gasteiger partial charge in [0, 0.05) is 11.9 Å². The van der Waals surface area contributed by atoms with Crippen molar-refractivity contribution in [3.63, 3.8) is 0 Å². The molecule has 0 saturated heterocycles. The molecule has 2 N–H and O–H groups in total. The lowest BCUT2D eigenvalue weighted by Crippen LogP contribution is -1.99. The molecular weight excluding hydrogens is 190 g/mol. The van der Waals surface area contributed by atoms with E-state index in [-0.39, 0.29) is 0 Å². The fourth-order valence-corrected chi connectivity index (χ4v) is 1.72. The normalized spacial score (nSPS) is 11.3. The molecule has 3 rings (SSSR count). The quantitative estimate of drug-likeness (QED) is 0.649. The number of furan rings is 1. The number of hydrogen-bond acceptors (Lipinski definition) is 4. The minimum absolute atomic E-state index is 0.360. The van der Waals surface area contributed by atoms with Gasteiger partial charge in [-0.05, 0) is 12.1 Å². The van der Waals surface area contributed by atoms with Crippen molar-refractivity contribution in [1.29, 1.82) is 0 Å². The first-order valence-electron chi connectivity index (χ1n) is 4.71. The Labute approximate surface area is 85.7 Å². The summed E-state index contributed by atoms with van der Waals surface area (Å²) in [6, 6.07) is 7.79. The standard InChI is InChI=1S/C11H9N3O/c12-5-8-11-10(14-6-13-8)7-3-1-2-4-9(7)15-11/h1-4,6H,5,12H2. The predicted molar refractivity (Wildman–Crippen MR) is 57.2 cm³/mol. The van der Waals surface area contributed by atoms with Gasteiger partial charge in [0.1, 0.15) is 23.1 Å². The second-order valence-corrected chi connectivity index (χ2v) is 3.30. The SMILES string of the molecule is NCc1ncnc2c1oc1ccccc12. The number of aromatic nitrogens is 2. The van der Waals surface area contributed by atoms with Crippen LogP contribution in [0.15, 0.2) is 35.0 Å². The van der Waals surface area contributed by atoms with Gasteiger partial charge in [-0.25, -0.2) is 9.97 Å². The Morgan fingerprint density at radius 3 is 2.93 bits per heavy atom. The third kappa shape index (κ3) is 1.12. The Kier molecular flexibility index (Phi) is 1.69. The van der Waals surface area contributed by atoms with Gasteiger partial charge < -0.3 is 10.2 Å². The molecule has 0 aliphatic rings. The molecule has 3 aromatic rings. The van der Waals surface area contributed by atoms with E-state index in [1.54, 1.807) is 0 Å². The van der Waals surface area contributed by atoms with Crippen molar-refractivity contribution < 1.29 is 4.42 Å². The van der Waals surface area contributed by atoms with E-state index in [1.807, 2.05) is 24.3 Å². The lowest BCUT2D eigenvalue weighted by Gasteiger charge is -1.94. The molecule has 0 spiro atoms. The third-order valence-corrected chi connectivity index (χ3v) is 2.43. The van der Waals surface area contributed by atoms with E-state index < -0.39 is 0 Å². The summed E-state index contributed by atoms with van der Waals surface area (Å²) < 4.78 is 5.67. The van der Waals surface area contributed by atoms with Crippen LogP contribution in [-0.2, 0) is 6.54 Å². The van der Waals surface area contributed by atoms with E-state index in [4.69, 9.17) is 10.2 Å². The molecule has 74 valence electrons. The van der Waals surface area contributed by atoms with Crippen molar-refractivity contribution in [1.82, 2.24) is 9.97 Å². The Balaban J connectivity index is 2.53. The topological polar surface area (TPSA) is 64.9 Å². The van der Waals surface area contributed by atoms with Gasteiger partial charge in [-0.1, -0.05) is 12.1 Å². The van der Waals surface area contributed by atoms with Crippen LogP contribution >= 0.6 is 0 Å². The summed E-state index contributed by atoms with van der Waals surface area (Å²) in [4.78, 5) is 8.31. The third-order valence-electron chi connectivity index (χ3n) is 2.43. The van der Waals surface area contributed by atoms with Crippen LogP contribution in [0, 0.1) is 0 Å². The molecule has 1 aromatic carbocycles. The molecule has 15 heavy (non-hydrogen) atoms. The fraction of sp³-hybridized carbons (Fsp3) is 0.0909. The highest BCUT2D eigenvalue weighted by atomic mass is 16.3. The van der Waals surface area contributed by atoms with Crippen molar-refractivity contribution in [3.05, 3.63) is 36.3 Å².